The predicted octanol–water partition coefficient (Wildman–Crippen LogP) is 3.83. The van der Waals surface area contributed by atoms with E-state index in [0.29, 0.717) is 17.8 Å². The van der Waals surface area contributed by atoms with Gasteiger partial charge in [-0.2, -0.15) is 0 Å². The summed E-state index contributed by atoms with van der Waals surface area (Å²) in [5.41, 5.74) is 0. The van der Waals surface area contributed by atoms with Crippen molar-refractivity contribution in [3.05, 3.63) is 60.7 Å². The third-order valence-electron chi connectivity index (χ3n) is 5.93. The Kier molecular flexibility index (Phi) is 5.71. The van der Waals surface area contributed by atoms with Crippen LogP contribution in [0.1, 0.15) is 34.1 Å². The fourth-order valence-corrected chi connectivity index (χ4v) is 8.91. The number of aliphatic hydroxyl groups is 1. The minimum atomic E-state index is -2.41. The Morgan fingerprint density at radius 3 is 1.92 bits per heavy atom. The van der Waals surface area contributed by atoms with Crippen molar-refractivity contribution in [1.82, 2.24) is 0 Å². The number of benzene rings is 2. The molecule has 1 fully saturated rings. The molecule has 3 heteroatoms. The van der Waals surface area contributed by atoms with Gasteiger partial charge in [0.05, 0.1) is 0 Å². The molecule has 0 amide bonds. The maximum Gasteiger partial charge on any atom is 0.261 e. The fraction of sp³-hybridized carbons (Fsp3) is 0.478. The SMILES string of the molecule is CC(CO)[C@@H]1C[C@H]1CO[Si](c1ccccc1)(c1ccccc1)C(C)(C)C. The second-order valence-corrected chi connectivity index (χ2v) is 13.1. The summed E-state index contributed by atoms with van der Waals surface area (Å²) in [4.78, 5) is 0. The van der Waals surface area contributed by atoms with Gasteiger partial charge in [-0.3, -0.25) is 0 Å². The highest BCUT2D eigenvalue weighted by molar-refractivity contribution is 6.99. The first-order valence-electron chi connectivity index (χ1n) is 9.76. The maximum atomic E-state index is 9.44. The highest BCUT2D eigenvalue weighted by Gasteiger charge is 2.52. The Balaban J connectivity index is 1.96. The van der Waals surface area contributed by atoms with Crippen LogP contribution in [0.25, 0.3) is 0 Å². The lowest BCUT2D eigenvalue weighted by Gasteiger charge is -2.43. The molecule has 2 aromatic rings. The van der Waals surface area contributed by atoms with Gasteiger partial charge in [0, 0.05) is 13.2 Å². The number of hydrogen-bond donors (Lipinski definition) is 1. The van der Waals surface area contributed by atoms with Crippen molar-refractivity contribution < 1.29 is 9.53 Å². The van der Waals surface area contributed by atoms with Crippen molar-refractivity contribution in [3.63, 3.8) is 0 Å². The van der Waals surface area contributed by atoms with E-state index in [1.807, 2.05) is 0 Å². The predicted molar refractivity (Wildman–Crippen MR) is 111 cm³/mol. The van der Waals surface area contributed by atoms with E-state index in [2.05, 4.69) is 88.4 Å². The molecule has 1 aliphatic rings. The summed E-state index contributed by atoms with van der Waals surface area (Å²) in [5.74, 6) is 1.57. The van der Waals surface area contributed by atoms with Gasteiger partial charge in [-0.25, -0.2) is 0 Å². The summed E-state index contributed by atoms with van der Waals surface area (Å²) in [7, 11) is -2.41. The quantitative estimate of drug-likeness (QED) is 0.753. The fourth-order valence-electron chi connectivity index (χ4n) is 4.29. The molecule has 3 rings (SSSR count). The zero-order valence-electron chi connectivity index (χ0n) is 16.5. The first kappa shape index (κ1) is 19.3. The minimum Gasteiger partial charge on any atom is -0.407 e. The van der Waals surface area contributed by atoms with Crippen LogP contribution in [0.15, 0.2) is 60.7 Å². The molecule has 0 spiro atoms. The molecule has 3 atom stereocenters. The molecule has 26 heavy (non-hydrogen) atoms. The molecular formula is C23H32O2Si. The van der Waals surface area contributed by atoms with Gasteiger partial charge < -0.3 is 9.53 Å². The lowest BCUT2D eigenvalue weighted by atomic mass is 10.1. The molecule has 140 valence electrons. The number of rotatable bonds is 7. The summed E-state index contributed by atoms with van der Waals surface area (Å²) in [5, 5.41) is 12.2. The van der Waals surface area contributed by atoms with Crippen LogP contribution in [0.2, 0.25) is 5.04 Å². The molecule has 0 aromatic heterocycles. The Morgan fingerprint density at radius 1 is 1.00 bits per heavy atom. The second kappa shape index (κ2) is 7.67. The van der Waals surface area contributed by atoms with Crippen molar-refractivity contribution in [2.24, 2.45) is 17.8 Å². The van der Waals surface area contributed by atoms with E-state index in [-0.39, 0.29) is 11.6 Å². The van der Waals surface area contributed by atoms with Crippen LogP contribution in [-0.4, -0.2) is 26.6 Å². The lowest BCUT2D eigenvalue weighted by molar-refractivity contribution is 0.205. The first-order chi connectivity index (χ1) is 12.4. The van der Waals surface area contributed by atoms with Crippen LogP contribution in [0.5, 0.6) is 0 Å². The largest absolute Gasteiger partial charge is 0.407 e. The normalized spacial score (nSPS) is 21.4. The van der Waals surface area contributed by atoms with Gasteiger partial charge in [0.1, 0.15) is 0 Å². The van der Waals surface area contributed by atoms with Crippen LogP contribution in [0.3, 0.4) is 0 Å². The van der Waals surface area contributed by atoms with Crippen molar-refractivity contribution in [3.8, 4) is 0 Å². The summed E-state index contributed by atoms with van der Waals surface area (Å²) in [6, 6.07) is 21.6. The Bertz CT molecular complexity index is 654. The average molecular weight is 369 g/mol. The van der Waals surface area contributed by atoms with Gasteiger partial charge in [0.25, 0.3) is 8.32 Å². The molecule has 0 radical (unpaired) electrons. The summed E-state index contributed by atoms with van der Waals surface area (Å²) in [6.45, 7) is 10.2. The molecule has 0 saturated heterocycles. The van der Waals surface area contributed by atoms with Gasteiger partial charge in [0.2, 0.25) is 0 Å². The Morgan fingerprint density at radius 2 is 1.50 bits per heavy atom. The molecule has 2 aromatic carbocycles. The van der Waals surface area contributed by atoms with Gasteiger partial charge in [0.15, 0.2) is 0 Å². The van der Waals surface area contributed by atoms with Gasteiger partial charge in [-0.05, 0) is 39.6 Å². The molecule has 1 aliphatic carbocycles. The van der Waals surface area contributed by atoms with Gasteiger partial charge in [-0.1, -0.05) is 88.4 Å². The van der Waals surface area contributed by atoms with Crippen LogP contribution >= 0.6 is 0 Å². The van der Waals surface area contributed by atoms with Crippen LogP contribution in [-0.2, 0) is 4.43 Å². The van der Waals surface area contributed by atoms with E-state index in [0.717, 1.165) is 6.61 Å². The molecule has 1 unspecified atom stereocenters. The Labute approximate surface area is 159 Å². The van der Waals surface area contributed by atoms with Crippen molar-refractivity contribution in [2.45, 2.75) is 39.2 Å². The third-order valence-corrected chi connectivity index (χ3v) is 10.9. The van der Waals surface area contributed by atoms with E-state index in [9.17, 15) is 5.11 Å². The minimum absolute atomic E-state index is 0.0304. The van der Waals surface area contributed by atoms with Crippen LogP contribution < -0.4 is 10.4 Å². The molecule has 1 N–H and O–H groups in total. The lowest BCUT2D eigenvalue weighted by Crippen LogP contribution is -2.66. The molecule has 0 aliphatic heterocycles. The number of aliphatic hydroxyl groups excluding tert-OH is 1. The molecule has 0 heterocycles. The smallest absolute Gasteiger partial charge is 0.261 e. The molecular weight excluding hydrogens is 336 g/mol. The van der Waals surface area contributed by atoms with Crippen molar-refractivity contribution in [1.29, 1.82) is 0 Å². The second-order valence-electron chi connectivity index (χ2n) is 8.79. The molecule has 2 nitrogen and oxygen atoms in total. The first-order valence-corrected chi connectivity index (χ1v) is 11.7. The van der Waals surface area contributed by atoms with E-state index in [1.54, 1.807) is 0 Å². The Hall–Kier alpha value is -1.42. The van der Waals surface area contributed by atoms with Crippen molar-refractivity contribution >= 4 is 18.7 Å². The summed E-state index contributed by atoms with van der Waals surface area (Å²) >= 11 is 0. The van der Waals surface area contributed by atoms with Crippen LogP contribution in [0.4, 0.5) is 0 Å². The van der Waals surface area contributed by atoms with Crippen LogP contribution in [0, 0.1) is 17.8 Å². The highest BCUT2D eigenvalue weighted by Crippen LogP contribution is 2.46. The van der Waals surface area contributed by atoms with Crippen molar-refractivity contribution in [2.75, 3.05) is 13.2 Å². The zero-order chi connectivity index (χ0) is 18.8. The van der Waals surface area contributed by atoms with E-state index in [1.165, 1.54) is 16.8 Å². The standard InChI is InChI=1S/C23H32O2Si/c1-18(16-24)22-15-19(22)17-25-26(23(2,3)4,20-11-7-5-8-12-20)21-13-9-6-10-14-21/h5-14,18-19,22,24H,15-17H2,1-4H3/t18?,19-,22-/m0/s1. The zero-order valence-corrected chi connectivity index (χ0v) is 17.5. The van der Waals surface area contributed by atoms with E-state index < -0.39 is 8.32 Å². The molecule has 0 bridgehead atoms. The molecule has 1 saturated carbocycles. The van der Waals surface area contributed by atoms with Gasteiger partial charge >= 0.3 is 0 Å². The monoisotopic (exact) mass is 368 g/mol. The van der Waals surface area contributed by atoms with Gasteiger partial charge in [-0.15, -0.1) is 0 Å². The topological polar surface area (TPSA) is 29.5 Å². The average Bonchev–Trinajstić information content (AvgIpc) is 3.42. The highest BCUT2D eigenvalue weighted by atomic mass is 28.4. The third kappa shape index (κ3) is 3.66. The number of hydrogen-bond acceptors (Lipinski definition) is 2. The maximum absolute atomic E-state index is 9.44. The summed E-state index contributed by atoms with van der Waals surface area (Å²) < 4.78 is 6.97. The van der Waals surface area contributed by atoms with E-state index in [4.69, 9.17) is 4.43 Å². The van der Waals surface area contributed by atoms with E-state index >= 15 is 0 Å². The summed E-state index contributed by atoms with van der Waals surface area (Å²) in [6.07, 6.45) is 1.18.